The van der Waals surface area contributed by atoms with Crippen LogP contribution in [0.1, 0.15) is 23.6 Å². The van der Waals surface area contributed by atoms with Crippen molar-refractivity contribution in [1.29, 1.82) is 0 Å². The SMILES string of the molecule is Cc1ccc(NC(=O)NC(=O)C(C)Sc2nnnn2Cc2ccccc2)c(C)c1. The minimum Gasteiger partial charge on any atom is -0.307 e. The highest BCUT2D eigenvalue weighted by Crippen LogP contribution is 2.21. The van der Waals surface area contributed by atoms with Crippen LogP contribution in [0.2, 0.25) is 0 Å². The Morgan fingerprint density at radius 1 is 1.14 bits per heavy atom. The van der Waals surface area contributed by atoms with Gasteiger partial charge in [0, 0.05) is 5.69 Å². The number of carbonyl (C=O) groups is 2. The Morgan fingerprint density at radius 3 is 2.62 bits per heavy atom. The Morgan fingerprint density at radius 2 is 1.90 bits per heavy atom. The maximum Gasteiger partial charge on any atom is 0.325 e. The second-order valence-corrected chi connectivity index (χ2v) is 7.93. The van der Waals surface area contributed by atoms with Gasteiger partial charge in [0.1, 0.15) is 0 Å². The number of aryl methyl sites for hydroxylation is 2. The van der Waals surface area contributed by atoms with E-state index in [9.17, 15) is 9.59 Å². The Bertz CT molecular complexity index is 1010. The molecule has 1 heterocycles. The standard InChI is InChI=1S/C20H22N6O2S/c1-13-9-10-17(14(2)11-13)21-19(28)22-18(27)15(3)29-20-23-24-25-26(20)12-16-7-5-4-6-8-16/h4-11,15H,12H2,1-3H3,(H2,21,22,27,28). The zero-order valence-corrected chi connectivity index (χ0v) is 17.2. The predicted molar refractivity (Wildman–Crippen MR) is 112 cm³/mol. The number of imide groups is 1. The lowest BCUT2D eigenvalue weighted by Crippen LogP contribution is -2.39. The lowest BCUT2D eigenvalue weighted by atomic mass is 10.1. The number of hydrogen-bond donors (Lipinski definition) is 2. The summed E-state index contributed by atoms with van der Waals surface area (Å²) in [6.07, 6.45) is 0. The van der Waals surface area contributed by atoms with E-state index >= 15 is 0 Å². The summed E-state index contributed by atoms with van der Waals surface area (Å²) in [4.78, 5) is 24.6. The number of nitrogens with one attached hydrogen (secondary N) is 2. The van der Waals surface area contributed by atoms with Gasteiger partial charge in [0.2, 0.25) is 11.1 Å². The van der Waals surface area contributed by atoms with Crippen LogP contribution in [0.4, 0.5) is 10.5 Å². The van der Waals surface area contributed by atoms with Gasteiger partial charge >= 0.3 is 6.03 Å². The Labute approximate surface area is 173 Å². The molecule has 0 spiro atoms. The zero-order chi connectivity index (χ0) is 20.8. The largest absolute Gasteiger partial charge is 0.325 e. The lowest BCUT2D eigenvalue weighted by Gasteiger charge is -2.13. The average molecular weight is 411 g/mol. The van der Waals surface area contributed by atoms with E-state index in [2.05, 4.69) is 26.2 Å². The van der Waals surface area contributed by atoms with Crippen LogP contribution in [-0.4, -0.2) is 37.4 Å². The van der Waals surface area contributed by atoms with Gasteiger partial charge < -0.3 is 5.32 Å². The molecule has 0 fully saturated rings. The number of thioether (sulfide) groups is 1. The summed E-state index contributed by atoms with van der Waals surface area (Å²) < 4.78 is 1.62. The first-order valence-corrected chi connectivity index (χ1v) is 9.96. The first-order valence-electron chi connectivity index (χ1n) is 9.08. The Hall–Kier alpha value is -3.20. The number of amides is 3. The topological polar surface area (TPSA) is 102 Å². The van der Waals surface area contributed by atoms with Crippen LogP contribution in [0, 0.1) is 13.8 Å². The molecule has 0 radical (unpaired) electrons. The summed E-state index contributed by atoms with van der Waals surface area (Å²) in [5.41, 5.74) is 3.73. The maximum absolute atomic E-state index is 12.4. The highest BCUT2D eigenvalue weighted by Gasteiger charge is 2.20. The van der Waals surface area contributed by atoms with Crippen LogP contribution in [0.3, 0.4) is 0 Å². The van der Waals surface area contributed by atoms with Crippen molar-refractivity contribution in [1.82, 2.24) is 25.5 Å². The third kappa shape index (κ3) is 5.64. The number of aromatic nitrogens is 4. The number of carbonyl (C=O) groups excluding carboxylic acids is 2. The molecule has 2 N–H and O–H groups in total. The number of hydrogen-bond acceptors (Lipinski definition) is 6. The molecule has 3 aromatic rings. The molecule has 2 aromatic carbocycles. The molecule has 0 saturated heterocycles. The molecule has 1 unspecified atom stereocenters. The second kappa shape index (κ2) is 9.33. The van der Waals surface area contributed by atoms with E-state index in [0.29, 0.717) is 17.4 Å². The van der Waals surface area contributed by atoms with Crippen LogP contribution < -0.4 is 10.6 Å². The molecule has 29 heavy (non-hydrogen) atoms. The van der Waals surface area contributed by atoms with Crippen molar-refractivity contribution < 1.29 is 9.59 Å². The van der Waals surface area contributed by atoms with E-state index in [1.807, 2.05) is 62.4 Å². The van der Waals surface area contributed by atoms with E-state index < -0.39 is 17.2 Å². The monoisotopic (exact) mass is 410 g/mol. The third-order valence-corrected chi connectivity index (χ3v) is 5.26. The minimum atomic E-state index is -0.571. The van der Waals surface area contributed by atoms with Crippen molar-refractivity contribution >= 4 is 29.4 Å². The van der Waals surface area contributed by atoms with E-state index in [0.717, 1.165) is 16.7 Å². The van der Waals surface area contributed by atoms with Gasteiger partial charge in [-0.15, -0.1) is 5.10 Å². The molecule has 150 valence electrons. The molecule has 0 aliphatic heterocycles. The highest BCUT2D eigenvalue weighted by molar-refractivity contribution is 8.00. The van der Waals surface area contributed by atoms with Crippen molar-refractivity contribution in [3.63, 3.8) is 0 Å². The number of anilines is 1. The summed E-state index contributed by atoms with van der Waals surface area (Å²) >= 11 is 1.19. The first kappa shape index (κ1) is 20.5. The average Bonchev–Trinajstić information content (AvgIpc) is 3.11. The second-order valence-electron chi connectivity index (χ2n) is 6.63. The smallest absolute Gasteiger partial charge is 0.307 e. The fraction of sp³-hybridized carbons (Fsp3) is 0.250. The molecule has 8 nitrogen and oxygen atoms in total. The van der Waals surface area contributed by atoms with Crippen molar-refractivity contribution in [2.24, 2.45) is 0 Å². The van der Waals surface area contributed by atoms with Gasteiger partial charge in [0.15, 0.2) is 0 Å². The molecule has 1 aromatic heterocycles. The maximum atomic E-state index is 12.4. The van der Waals surface area contributed by atoms with E-state index in [1.54, 1.807) is 11.6 Å². The Balaban J connectivity index is 1.57. The Kier molecular flexibility index (Phi) is 6.61. The molecule has 9 heteroatoms. The molecule has 3 rings (SSSR count). The summed E-state index contributed by atoms with van der Waals surface area (Å²) in [6, 6.07) is 14.9. The van der Waals surface area contributed by atoms with Crippen molar-refractivity contribution in [3.05, 3.63) is 65.2 Å². The van der Waals surface area contributed by atoms with E-state index in [1.165, 1.54) is 11.8 Å². The number of tetrazole rings is 1. The summed E-state index contributed by atoms with van der Waals surface area (Å²) in [7, 11) is 0. The lowest BCUT2D eigenvalue weighted by molar-refractivity contribution is -0.119. The van der Waals surface area contributed by atoms with Crippen LogP contribution in [0.25, 0.3) is 0 Å². The number of nitrogens with zero attached hydrogens (tertiary/aromatic N) is 4. The van der Waals surface area contributed by atoms with Gasteiger partial charge in [-0.25, -0.2) is 9.48 Å². The zero-order valence-electron chi connectivity index (χ0n) is 16.4. The highest BCUT2D eigenvalue weighted by atomic mass is 32.2. The summed E-state index contributed by atoms with van der Waals surface area (Å²) in [5.74, 6) is -0.425. The molecule has 0 aliphatic carbocycles. The fourth-order valence-electron chi connectivity index (χ4n) is 2.67. The number of urea groups is 1. The molecule has 3 amide bonds. The van der Waals surface area contributed by atoms with Crippen LogP contribution in [0.15, 0.2) is 53.7 Å². The van der Waals surface area contributed by atoms with Crippen LogP contribution in [-0.2, 0) is 11.3 Å². The van der Waals surface area contributed by atoms with Gasteiger partial charge in [0.25, 0.3) is 0 Å². The normalized spacial score (nSPS) is 11.7. The molecule has 0 bridgehead atoms. The van der Waals surface area contributed by atoms with Crippen molar-refractivity contribution in [2.75, 3.05) is 5.32 Å². The van der Waals surface area contributed by atoms with Crippen LogP contribution in [0.5, 0.6) is 0 Å². The fourth-order valence-corrected chi connectivity index (χ4v) is 3.46. The quantitative estimate of drug-likeness (QED) is 0.605. The number of rotatable bonds is 6. The summed E-state index contributed by atoms with van der Waals surface area (Å²) in [6.45, 7) is 6.07. The van der Waals surface area contributed by atoms with Crippen molar-refractivity contribution in [3.8, 4) is 0 Å². The third-order valence-electron chi connectivity index (χ3n) is 4.19. The number of benzene rings is 2. The molecular formula is C20H22N6O2S. The van der Waals surface area contributed by atoms with Gasteiger partial charge in [0.05, 0.1) is 11.8 Å². The van der Waals surface area contributed by atoms with E-state index in [-0.39, 0.29) is 0 Å². The molecular weight excluding hydrogens is 388 g/mol. The van der Waals surface area contributed by atoms with Crippen molar-refractivity contribution in [2.45, 2.75) is 37.7 Å². The molecule has 0 saturated carbocycles. The molecule has 0 aliphatic rings. The molecule has 1 atom stereocenters. The van der Waals surface area contributed by atoms with E-state index in [4.69, 9.17) is 0 Å². The summed E-state index contributed by atoms with van der Waals surface area (Å²) in [5, 5.41) is 16.7. The predicted octanol–water partition coefficient (Wildman–Crippen LogP) is 3.17. The van der Waals surface area contributed by atoms with Gasteiger partial charge in [-0.3, -0.25) is 10.1 Å². The minimum absolute atomic E-state index is 0.425. The van der Waals surface area contributed by atoms with Gasteiger partial charge in [-0.2, -0.15) is 0 Å². The van der Waals surface area contributed by atoms with Gasteiger partial charge in [-0.05, 0) is 48.4 Å². The first-order chi connectivity index (χ1) is 13.9. The van der Waals surface area contributed by atoms with Crippen LogP contribution >= 0.6 is 11.8 Å². The van der Waals surface area contributed by atoms with Gasteiger partial charge in [-0.1, -0.05) is 59.8 Å².